The van der Waals surface area contributed by atoms with Gasteiger partial charge < -0.3 is 9.84 Å². The van der Waals surface area contributed by atoms with E-state index >= 15 is 0 Å². The van der Waals surface area contributed by atoms with Crippen molar-refractivity contribution >= 4 is 0 Å². The first-order valence-corrected chi connectivity index (χ1v) is 5.60. The highest BCUT2D eigenvalue weighted by atomic mass is 16.5. The molecule has 1 N–H and O–H groups in total. The molecule has 1 aliphatic carbocycles. The van der Waals surface area contributed by atoms with Crippen molar-refractivity contribution in [2.45, 2.75) is 44.8 Å². The maximum absolute atomic E-state index is 8.97. The van der Waals surface area contributed by atoms with Gasteiger partial charge in [0.15, 0.2) is 0 Å². The van der Waals surface area contributed by atoms with Crippen LogP contribution in [0, 0.1) is 0 Å². The van der Waals surface area contributed by atoms with E-state index in [-0.39, 0.29) is 6.61 Å². The van der Waals surface area contributed by atoms with Gasteiger partial charge in [0, 0.05) is 6.20 Å². The zero-order chi connectivity index (χ0) is 10.5. The second kappa shape index (κ2) is 5.12. The van der Waals surface area contributed by atoms with E-state index in [1.807, 2.05) is 6.07 Å². The van der Waals surface area contributed by atoms with E-state index in [0.717, 1.165) is 24.2 Å². The third-order valence-electron chi connectivity index (χ3n) is 2.81. The van der Waals surface area contributed by atoms with Crippen molar-refractivity contribution in [1.82, 2.24) is 4.98 Å². The summed E-state index contributed by atoms with van der Waals surface area (Å²) in [6, 6.07) is 1.86. The summed E-state index contributed by atoms with van der Waals surface area (Å²) in [6.45, 7) is 0.0227. The van der Waals surface area contributed by atoms with Crippen LogP contribution in [0.5, 0.6) is 5.75 Å². The third-order valence-corrected chi connectivity index (χ3v) is 2.81. The topological polar surface area (TPSA) is 42.4 Å². The molecule has 0 unspecified atom stereocenters. The minimum Gasteiger partial charge on any atom is -0.489 e. The molecule has 0 bridgehead atoms. The third kappa shape index (κ3) is 2.93. The summed E-state index contributed by atoms with van der Waals surface area (Å²) >= 11 is 0. The molecule has 1 saturated carbocycles. The van der Waals surface area contributed by atoms with E-state index in [0.29, 0.717) is 6.10 Å². The summed E-state index contributed by atoms with van der Waals surface area (Å²) < 4.78 is 5.82. The Morgan fingerprint density at radius 1 is 1.27 bits per heavy atom. The molecule has 1 aromatic rings. The number of hydrogen-bond donors (Lipinski definition) is 1. The highest BCUT2D eigenvalue weighted by molar-refractivity contribution is 5.23. The number of rotatable bonds is 3. The van der Waals surface area contributed by atoms with Crippen LogP contribution in [0.2, 0.25) is 0 Å². The Kier molecular flexibility index (Phi) is 3.56. The van der Waals surface area contributed by atoms with Crippen molar-refractivity contribution in [1.29, 1.82) is 0 Å². The lowest BCUT2D eigenvalue weighted by molar-refractivity contribution is 0.154. The molecule has 1 aliphatic rings. The van der Waals surface area contributed by atoms with Gasteiger partial charge in [-0.05, 0) is 37.3 Å². The van der Waals surface area contributed by atoms with Crippen molar-refractivity contribution in [3.05, 3.63) is 24.0 Å². The molecule has 0 radical (unpaired) electrons. The van der Waals surface area contributed by atoms with Crippen molar-refractivity contribution in [3.8, 4) is 5.75 Å². The van der Waals surface area contributed by atoms with Gasteiger partial charge in [0.05, 0.1) is 18.9 Å². The first-order valence-electron chi connectivity index (χ1n) is 5.60. The minimum atomic E-state index is 0.0227. The van der Waals surface area contributed by atoms with Crippen LogP contribution in [-0.4, -0.2) is 16.2 Å². The van der Waals surface area contributed by atoms with Crippen LogP contribution >= 0.6 is 0 Å². The van der Waals surface area contributed by atoms with Crippen molar-refractivity contribution in [2.75, 3.05) is 0 Å². The molecule has 1 aromatic heterocycles. The summed E-state index contributed by atoms with van der Waals surface area (Å²) in [4.78, 5) is 4.04. The van der Waals surface area contributed by atoms with E-state index in [4.69, 9.17) is 9.84 Å². The van der Waals surface area contributed by atoms with Gasteiger partial charge in [0.2, 0.25) is 0 Å². The van der Waals surface area contributed by atoms with Gasteiger partial charge in [-0.3, -0.25) is 4.98 Å². The van der Waals surface area contributed by atoms with E-state index in [1.165, 1.54) is 19.3 Å². The summed E-state index contributed by atoms with van der Waals surface area (Å²) in [6.07, 6.45) is 9.85. The maximum atomic E-state index is 8.97. The van der Waals surface area contributed by atoms with Gasteiger partial charge in [-0.2, -0.15) is 0 Å². The van der Waals surface area contributed by atoms with Gasteiger partial charge >= 0.3 is 0 Å². The first-order chi connectivity index (χ1) is 7.38. The monoisotopic (exact) mass is 207 g/mol. The molecule has 0 atom stereocenters. The van der Waals surface area contributed by atoms with Gasteiger partial charge in [-0.25, -0.2) is 0 Å². The number of aliphatic hydroxyl groups is 1. The van der Waals surface area contributed by atoms with Crippen LogP contribution in [0.4, 0.5) is 0 Å². The van der Waals surface area contributed by atoms with Crippen molar-refractivity contribution in [3.63, 3.8) is 0 Å². The molecule has 0 aromatic carbocycles. The Hall–Kier alpha value is -1.09. The van der Waals surface area contributed by atoms with Crippen LogP contribution in [0.15, 0.2) is 18.5 Å². The van der Waals surface area contributed by atoms with Crippen molar-refractivity contribution in [2.24, 2.45) is 0 Å². The molecule has 0 saturated heterocycles. The molecular weight excluding hydrogens is 190 g/mol. The van der Waals surface area contributed by atoms with Crippen LogP contribution in [0.25, 0.3) is 0 Å². The smallest absolute Gasteiger partial charge is 0.138 e. The van der Waals surface area contributed by atoms with E-state index in [9.17, 15) is 0 Å². The molecule has 0 spiro atoms. The zero-order valence-electron chi connectivity index (χ0n) is 8.85. The molecule has 0 amide bonds. The van der Waals surface area contributed by atoms with Crippen LogP contribution < -0.4 is 4.74 Å². The SMILES string of the molecule is OCc1cncc(OC2CCCCC2)c1. The second-order valence-corrected chi connectivity index (χ2v) is 4.06. The van der Waals surface area contributed by atoms with E-state index < -0.39 is 0 Å². The Balaban J connectivity index is 1.96. The number of aromatic nitrogens is 1. The van der Waals surface area contributed by atoms with Gasteiger partial charge in [0.1, 0.15) is 5.75 Å². The number of pyridine rings is 1. The molecular formula is C12H17NO2. The predicted octanol–water partition coefficient (Wildman–Crippen LogP) is 2.29. The number of ether oxygens (including phenoxy) is 1. The van der Waals surface area contributed by atoms with E-state index in [2.05, 4.69) is 4.98 Å². The summed E-state index contributed by atoms with van der Waals surface area (Å²) in [5, 5.41) is 8.97. The molecule has 82 valence electrons. The fourth-order valence-electron chi connectivity index (χ4n) is 1.99. The summed E-state index contributed by atoms with van der Waals surface area (Å²) in [5.41, 5.74) is 0.809. The Bertz CT molecular complexity index is 308. The van der Waals surface area contributed by atoms with Crippen LogP contribution in [0.3, 0.4) is 0 Å². The molecule has 2 rings (SSSR count). The number of nitrogens with zero attached hydrogens (tertiary/aromatic N) is 1. The molecule has 15 heavy (non-hydrogen) atoms. The summed E-state index contributed by atoms with van der Waals surface area (Å²) in [5.74, 6) is 0.786. The largest absolute Gasteiger partial charge is 0.489 e. The lowest BCUT2D eigenvalue weighted by atomic mass is 9.98. The van der Waals surface area contributed by atoms with Gasteiger partial charge in [0.25, 0.3) is 0 Å². The van der Waals surface area contributed by atoms with Gasteiger partial charge in [-0.15, -0.1) is 0 Å². The average molecular weight is 207 g/mol. The number of hydrogen-bond acceptors (Lipinski definition) is 3. The molecule has 1 heterocycles. The molecule has 3 nitrogen and oxygen atoms in total. The Labute approximate surface area is 90.1 Å². The molecule has 0 aliphatic heterocycles. The lowest BCUT2D eigenvalue weighted by Crippen LogP contribution is -2.19. The first kappa shape index (κ1) is 10.4. The fourth-order valence-corrected chi connectivity index (χ4v) is 1.99. The highest BCUT2D eigenvalue weighted by Crippen LogP contribution is 2.23. The highest BCUT2D eigenvalue weighted by Gasteiger charge is 2.14. The minimum absolute atomic E-state index is 0.0227. The van der Waals surface area contributed by atoms with Crippen LogP contribution in [0.1, 0.15) is 37.7 Å². The van der Waals surface area contributed by atoms with E-state index in [1.54, 1.807) is 12.4 Å². The fraction of sp³-hybridized carbons (Fsp3) is 0.583. The number of aliphatic hydroxyl groups excluding tert-OH is 1. The summed E-state index contributed by atoms with van der Waals surface area (Å²) in [7, 11) is 0. The quantitative estimate of drug-likeness (QED) is 0.826. The zero-order valence-corrected chi connectivity index (χ0v) is 8.85. The predicted molar refractivity (Wildman–Crippen MR) is 57.7 cm³/mol. The normalized spacial score (nSPS) is 17.7. The molecule has 1 fully saturated rings. The average Bonchev–Trinajstić information content (AvgIpc) is 2.31. The van der Waals surface area contributed by atoms with Crippen LogP contribution in [-0.2, 0) is 6.61 Å². The molecule has 3 heteroatoms. The maximum Gasteiger partial charge on any atom is 0.138 e. The van der Waals surface area contributed by atoms with Crippen molar-refractivity contribution < 1.29 is 9.84 Å². The second-order valence-electron chi connectivity index (χ2n) is 4.06. The standard InChI is InChI=1S/C12H17NO2/c14-9-10-6-12(8-13-7-10)15-11-4-2-1-3-5-11/h6-8,11,14H,1-5,9H2. The van der Waals surface area contributed by atoms with Gasteiger partial charge in [-0.1, -0.05) is 6.42 Å². The Morgan fingerprint density at radius 3 is 2.80 bits per heavy atom. The Morgan fingerprint density at radius 2 is 2.07 bits per heavy atom. The lowest BCUT2D eigenvalue weighted by Gasteiger charge is -2.22.